The zero-order valence-corrected chi connectivity index (χ0v) is 13.2. The van der Waals surface area contributed by atoms with Crippen LogP contribution >= 0.6 is 11.6 Å². The van der Waals surface area contributed by atoms with Crippen LogP contribution in [0.25, 0.3) is 0 Å². The normalized spacial score (nSPS) is 26.0. The fourth-order valence-corrected chi connectivity index (χ4v) is 5.58. The lowest BCUT2D eigenvalue weighted by molar-refractivity contribution is -0.143. The maximum absolute atomic E-state index is 12.7. The number of sulfonamides is 1. The van der Waals surface area contributed by atoms with Gasteiger partial charge in [-0.3, -0.25) is 19.3 Å². The SMILES string of the molecule is CC(=O)N1C2(CC(=O)N(C)C2=O)c2cccc(Cl)c2S1(=O)=O. The number of hydrogen-bond donors (Lipinski definition) is 0. The van der Waals surface area contributed by atoms with E-state index < -0.39 is 39.7 Å². The van der Waals surface area contributed by atoms with Crippen molar-refractivity contribution in [2.45, 2.75) is 23.8 Å². The number of carbonyl (C=O) groups excluding carboxylic acids is 3. The first-order chi connectivity index (χ1) is 10.2. The van der Waals surface area contributed by atoms with Crippen molar-refractivity contribution in [1.82, 2.24) is 9.21 Å². The molecule has 3 amide bonds. The van der Waals surface area contributed by atoms with Crippen LogP contribution in [0, 0.1) is 0 Å². The fourth-order valence-electron chi connectivity index (χ4n) is 3.11. The average molecular weight is 343 g/mol. The zero-order valence-electron chi connectivity index (χ0n) is 11.7. The van der Waals surface area contributed by atoms with E-state index in [0.717, 1.165) is 11.8 Å². The van der Waals surface area contributed by atoms with Gasteiger partial charge in [-0.1, -0.05) is 23.7 Å². The van der Waals surface area contributed by atoms with Crippen LogP contribution in [0.15, 0.2) is 23.1 Å². The van der Waals surface area contributed by atoms with Gasteiger partial charge in [0.1, 0.15) is 4.90 Å². The van der Waals surface area contributed by atoms with Crippen LogP contribution in [-0.4, -0.2) is 42.4 Å². The molecule has 0 bridgehead atoms. The number of rotatable bonds is 0. The van der Waals surface area contributed by atoms with Crippen LogP contribution in [0.4, 0.5) is 0 Å². The van der Waals surface area contributed by atoms with Crippen molar-refractivity contribution >= 4 is 39.3 Å². The van der Waals surface area contributed by atoms with Gasteiger partial charge < -0.3 is 0 Å². The summed E-state index contributed by atoms with van der Waals surface area (Å²) < 4.78 is 25.9. The molecule has 1 saturated heterocycles. The maximum atomic E-state index is 12.7. The number of halogens is 1. The number of carbonyl (C=O) groups is 3. The van der Waals surface area contributed by atoms with Gasteiger partial charge in [0, 0.05) is 19.5 Å². The third-order valence-electron chi connectivity index (χ3n) is 3.98. The molecule has 0 aromatic heterocycles. The summed E-state index contributed by atoms with van der Waals surface area (Å²) in [4.78, 5) is 37.1. The van der Waals surface area contributed by atoms with Crippen molar-refractivity contribution in [2.24, 2.45) is 0 Å². The van der Waals surface area contributed by atoms with E-state index in [-0.39, 0.29) is 15.5 Å². The summed E-state index contributed by atoms with van der Waals surface area (Å²) in [5.74, 6) is -2.15. The highest BCUT2D eigenvalue weighted by Crippen LogP contribution is 2.52. The zero-order chi connectivity index (χ0) is 16.4. The lowest BCUT2D eigenvalue weighted by Crippen LogP contribution is -2.51. The minimum atomic E-state index is -4.30. The second kappa shape index (κ2) is 4.30. The molecule has 1 spiro atoms. The molecule has 3 rings (SSSR count). The second-order valence-corrected chi connectivity index (χ2v) is 7.33. The first kappa shape index (κ1) is 15.0. The van der Waals surface area contributed by atoms with Gasteiger partial charge >= 0.3 is 0 Å². The topological polar surface area (TPSA) is 91.8 Å². The van der Waals surface area contributed by atoms with E-state index in [4.69, 9.17) is 11.6 Å². The largest absolute Gasteiger partial charge is 0.283 e. The summed E-state index contributed by atoms with van der Waals surface area (Å²) in [6.07, 6.45) is -0.422. The van der Waals surface area contributed by atoms with Crippen molar-refractivity contribution in [3.05, 3.63) is 28.8 Å². The van der Waals surface area contributed by atoms with Crippen molar-refractivity contribution in [3.8, 4) is 0 Å². The van der Waals surface area contributed by atoms with E-state index in [1.54, 1.807) is 0 Å². The number of imide groups is 1. The smallest absolute Gasteiger partial charge is 0.269 e. The molecule has 1 atom stereocenters. The lowest BCUT2D eigenvalue weighted by Gasteiger charge is -2.30. The maximum Gasteiger partial charge on any atom is 0.269 e. The van der Waals surface area contributed by atoms with Gasteiger partial charge in [-0.05, 0) is 6.07 Å². The van der Waals surface area contributed by atoms with Gasteiger partial charge in [0.15, 0.2) is 5.54 Å². The van der Waals surface area contributed by atoms with E-state index in [2.05, 4.69) is 0 Å². The summed E-state index contributed by atoms with van der Waals surface area (Å²) >= 11 is 5.98. The Morgan fingerprint density at radius 1 is 1.32 bits per heavy atom. The third-order valence-corrected chi connectivity index (χ3v) is 6.42. The van der Waals surface area contributed by atoms with Gasteiger partial charge in [0.25, 0.3) is 15.9 Å². The van der Waals surface area contributed by atoms with E-state index in [1.807, 2.05) is 0 Å². The molecule has 1 unspecified atom stereocenters. The molecular weight excluding hydrogens is 332 g/mol. The predicted molar refractivity (Wildman–Crippen MR) is 75.2 cm³/mol. The molecule has 116 valence electrons. The van der Waals surface area contributed by atoms with E-state index in [9.17, 15) is 22.8 Å². The van der Waals surface area contributed by atoms with Crippen LogP contribution in [0.5, 0.6) is 0 Å². The monoisotopic (exact) mass is 342 g/mol. The van der Waals surface area contributed by atoms with Crippen LogP contribution in [0.2, 0.25) is 5.02 Å². The highest BCUT2D eigenvalue weighted by molar-refractivity contribution is 7.90. The summed E-state index contributed by atoms with van der Waals surface area (Å²) in [5.41, 5.74) is -1.80. The molecule has 1 aromatic rings. The number of nitrogens with zero attached hydrogens (tertiary/aromatic N) is 2. The molecule has 0 aliphatic carbocycles. The highest BCUT2D eigenvalue weighted by atomic mass is 35.5. The first-order valence-corrected chi connectivity index (χ1v) is 8.13. The van der Waals surface area contributed by atoms with Gasteiger partial charge in [0.2, 0.25) is 11.8 Å². The van der Waals surface area contributed by atoms with Crippen molar-refractivity contribution in [3.63, 3.8) is 0 Å². The van der Waals surface area contributed by atoms with E-state index >= 15 is 0 Å². The number of benzene rings is 1. The molecule has 22 heavy (non-hydrogen) atoms. The average Bonchev–Trinajstić information content (AvgIpc) is 2.75. The molecule has 7 nitrogen and oxygen atoms in total. The van der Waals surface area contributed by atoms with E-state index in [0.29, 0.717) is 4.31 Å². The standard InChI is InChI=1S/C13H11ClN2O5S/c1-7(17)16-13(6-10(18)15(2)12(13)19)8-4-3-5-9(14)11(8)22(16,20)21/h3-5H,6H2,1-2H3. The summed E-state index contributed by atoms with van der Waals surface area (Å²) in [6, 6.07) is 4.25. The fraction of sp³-hybridized carbons (Fsp3) is 0.308. The van der Waals surface area contributed by atoms with Gasteiger partial charge in [-0.2, -0.15) is 0 Å². The summed E-state index contributed by atoms with van der Waals surface area (Å²) in [5, 5.41) is -0.0876. The molecule has 0 saturated carbocycles. The summed E-state index contributed by atoms with van der Waals surface area (Å²) in [6.45, 7) is 1.04. The number of likely N-dealkylation sites (tertiary alicyclic amines) is 1. The minimum absolute atomic E-state index is 0.0675. The molecule has 2 aliphatic rings. The molecule has 2 aliphatic heterocycles. The Morgan fingerprint density at radius 2 is 1.95 bits per heavy atom. The van der Waals surface area contributed by atoms with Gasteiger partial charge in [0.05, 0.1) is 11.4 Å². The number of likely N-dealkylation sites (N-methyl/N-ethyl adjacent to an activating group) is 1. The Labute approximate surface area is 131 Å². The predicted octanol–water partition coefficient (Wildman–Crippen LogP) is 0.475. The highest BCUT2D eigenvalue weighted by Gasteiger charge is 2.66. The van der Waals surface area contributed by atoms with E-state index in [1.165, 1.54) is 25.2 Å². The number of amides is 3. The van der Waals surface area contributed by atoms with Crippen molar-refractivity contribution < 1.29 is 22.8 Å². The molecular formula is C13H11ClN2O5S. The van der Waals surface area contributed by atoms with Crippen molar-refractivity contribution in [2.75, 3.05) is 7.05 Å². The molecule has 1 fully saturated rings. The van der Waals surface area contributed by atoms with Gasteiger partial charge in [-0.15, -0.1) is 0 Å². The first-order valence-electron chi connectivity index (χ1n) is 6.31. The molecule has 0 N–H and O–H groups in total. The number of fused-ring (bicyclic) bond motifs is 2. The molecule has 0 radical (unpaired) electrons. The Morgan fingerprint density at radius 3 is 2.45 bits per heavy atom. The lowest BCUT2D eigenvalue weighted by atomic mass is 9.88. The molecule has 1 aromatic carbocycles. The van der Waals surface area contributed by atoms with Gasteiger partial charge in [-0.25, -0.2) is 12.7 Å². The second-order valence-electron chi connectivity index (χ2n) is 5.20. The van der Waals surface area contributed by atoms with Crippen LogP contribution < -0.4 is 0 Å². The quantitative estimate of drug-likeness (QED) is 0.639. The Hall–Kier alpha value is -1.93. The Bertz CT molecular complexity index is 850. The minimum Gasteiger partial charge on any atom is -0.283 e. The number of hydrogen-bond acceptors (Lipinski definition) is 5. The van der Waals surface area contributed by atoms with Crippen LogP contribution in [0.3, 0.4) is 0 Å². The molecule has 2 heterocycles. The van der Waals surface area contributed by atoms with Crippen LogP contribution in [0.1, 0.15) is 18.9 Å². The third kappa shape index (κ3) is 1.51. The Balaban J connectivity index is 2.45. The van der Waals surface area contributed by atoms with Crippen molar-refractivity contribution in [1.29, 1.82) is 0 Å². The van der Waals surface area contributed by atoms with Crippen LogP contribution in [-0.2, 0) is 29.9 Å². The summed E-state index contributed by atoms with van der Waals surface area (Å²) in [7, 11) is -3.04. The molecule has 9 heteroatoms. The Kier molecular flexibility index (Phi) is 2.93.